The van der Waals surface area contributed by atoms with Gasteiger partial charge in [0.05, 0.1) is 5.69 Å². The molecule has 0 saturated heterocycles. The third kappa shape index (κ3) is 2.22. The Morgan fingerprint density at radius 3 is 2.31 bits per heavy atom. The molecule has 68 valence electrons. The Kier molecular flexibility index (Phi) is 2.92. The van der Waals surface area contributed by atoms with Crippen LogP contribution in [0.2, 0.25) is 0 Å². The SMILES string of the molecule is NC(=O)N(S)c1ccc(C=O)cc1. The molecule has 0 radical (unpaired) electrons. The number of nitrogens with two attached hydrogens (primary N) is 1. The van der Waals surface area contributed by atoms with Crippen LogP contribution < -0.4 is 10.0 Å². The lowest BCUT2D eigenvalue weighted by Crippen LogP contribution is -2.27. The number of carbonyl (C=O) groups is 2. The first-order chi connectivity index (χ1) is 6.15. The Morgan fingerprint density at radius 1 is 1.38 bits per heavy atom. The summed E-state index contributed by atoms with van der Waals surface area (Å²) in [7, 11) is 0. The number of primary amides is 1. The molecule has 1 aromatic carbocycles. The number of carbonyl (C=O) groups excluding carboxylic acids is 2. The van der Waals surface area contributed by atoms with Gasteiger partial charge in [-0.2, -0.15) is 0 Å². The van der Waals surface area contributed by atoms with Gasteiger partial charge in [-0.15, -0.1) is 0 Å². The Morgan fingerprint density at radius 2 is 1.92 bits per heavy atom. The summed E-state index contributed by atoms with van der Waals surface area (Å²) >= 11 is 3.85. The van der Waals surface area contributed by atoms with E-state index in [1.54, 1.807) is 24.3 Å². The first kappa shape index (κ1) is 9.60. The number of hydrogen-bond donors (Lipinski definition) is 2. The molecule has 0 aliphatic carbocycles. The van der Waals surface area contributed by atoms with Crippen molar-refractivity contribution in [2.24, 2.45) is 5.73 Å². The van der Waals surface area contributed by atoms with E-state index in [-0.39, 0.29) is 0 Å². The molecule has 0 aromatic heterocycles. The minimum absolute atomic E-state index is 0.529. The van der Waals surface area contributed by atoms with Crippen LogP contribution in [0.5, 0.6) is 0 Å². The monoisotopic (exact) mass is 196 g/mol. The minimum Gasteiger partial charge on any atom is -0.350 e. The maximum absolute atomic E-state index is 10.7. The summed E-state index contributed by atoms with van der Waals surface area (Å²) < 4.78 is 0.995. The standard InChI is InChI=1S/C8H8N2O2S/c9-8(12)10(13)7-3-1-6(5-11)2-4-7/h1-5,13H,(H2,9,12). The summed E-state index contributed by atoms with van der Waals surface area (Å²) in [4.78, 5) is 21.0. The zero-order chi connectivity index (χ0) is 9.84. The maximum Gasteiger partial charge on any atom is 0.329 e. The van der Waals surface area contributed by atoms with E-state index in [0.29, 0.717) is 11.3 Å². The minimum atomic E-state index is -0.665. The summed E-state index contributed by atoms with van der Waals surface area (Å²) in [6.45, 7) is 0. The lowest BCUT2D eigenvalue weighted by molar-refractivity contribution is 0.112. The average molecular weight is 196 g/mol. The molecule has 0 bridgehead atoms. The lowest BCUT2D eigenvalue weighted by Gasteiger charge is -2.11. The number of aldehydes is 1. The highest BCUT2D eigenvalue weighted by molar-refractivity contribution is 7.82. The molecule has 2 N–H and O–H groups in total. The van der Waals surface area contributed by atoms with Crippen molar-refractivity contribution in [2.45, 2.75) is 0 Å². The van der Waals surface area contributed by atoms with Crippen LogP contribution in [0.15, 0.2) is 24.3 Å². The third-order valence-electron chi connectivity index (χ3n) is 1.48. The largest absolute Gasteiger partial charge is 0.350 e. The number of amides is 2. The average Bonchev–Trinajstić information content (AvgIpc) is 2.17. The second-order valence-corrected chi connectivity index (χ2v) is 2.76. The van der Waals surface area contributed by atoms with Gasteiger partial charge in [-0.3, -0.25) is 4.79 Å². The second-order valence-electron chi connectivity index (χ2n) is 2.36. The van der Waals surface area contributed by atoms with E-state index in [0.717, 1.165) is 10.6 Å². The van der Waals surface area contributed by atoms with E-state index in [1.807, 2.05) is 0 Å². The smallest absolute Gasteiger partial charge is 0.329 e. The van der Waals surface area contributed by atoms with Crippen molar-refractivity contribution in [3.8, 4) is 0 Å². The summed E-state index contributed by atoms with van der Waals surface area (Å²) in [6, 6.07) is 5.66. The highest BCUT2D eigenvalue weighted by atomic mass is 32.1. The molecule has 1 rings (SSSR count). The van der Waals surface area contributed by atoms with Gasteiger partial charge < -0.3 is 5.73 Å². The molecule has 0 saturated carbocycles. The number of rotatable bonds is 2. The molecule has 13 heavy (non-hydrogen) atoms. The van der Waals surface area contributed by atoms with E-state index in [1.165, 1.54) is 0 Å². The second kappa shape index (κ2) is 3.95. The molecule has 0 fully saturated rings. The van der Waals surface area contributed by atoms with E-state index in [9.17, 15) is 9.59 Å². The Bertz CT molecular complexity index is 323. The van der Waals surface area contributed by atoms with Gasteiger partial charge in [-0.25, -0.2) is 9.10 Å². The van der Waals surface area contributed by atoms with Crippen molar-refractivity contribution in [3.63, 3.8) is 0 Å². The first-order valence-corrected chi connectivity index (χ1v) is 3.89. The van der Waals surface area contributed by atoms with Crippen LogP contribution in [0, 0.1) is 0 Å². The number of thiol groups is 1. The summed E-state index contributed by atoms with van der Waals surface area (Å²) in [6.07, 6.45) is 0.719. The van der Waals surface area contributed by atoms with Crippen LogP contribution in [0.4, 0.5) is 10.5 Å². The lowest BCUT2D eigenvalue weighted by atomic mass is 10.2. The quantitative estimate of drug-likeness (QED) is 0.552. The van der Waals surface area contributed by atoms with Crippen molar-refractivity contribution >= 4 is 30.8 Å². The predicted octanol–water partition coefficient (Wildman–Crippen LogP) is 1.23. The van der Waals surface area contributed by atoms with E-state index < -0.39 is 6.03 Å². The van der Waals surface area contributed by atoms with Crippen molar-refractivity contribution in [1.82, 2.24) is 0 Å². The topological polar surface area (TPSA) is 63.4 Å². The molecule has 0 unspecified atom stereocenters. The maximum atomic E-state index is 10.7. The summed E-state index contributed by atoms with van der Waals surface area (Å²) in [5, 5.41) is 0. The van der Waals surface area contributed by atoms with Crippen LogP contribution >= 0.6 is 12.8 Å². The zero-order valence-electron chi connectivity index (χ0n) is 6.68. The highest BCUT2D eigenvalue weighted by Crippen LogP contribution is 2.15. The number of nitrogens with zero attached hydrogens (tertiary/aromatic N) is 1. The van der Waals surface area contributed by atoms with E-state index in [4.69, 9.17) is 5.73 Å². The molecule has 0 heterocycles. The molecule has 5 heteroatoms. The molecule has 2 amide bonds. The number of anilines is 1. The van der Waals surface area contributed by atoms with Gasteiger partial charge in [0.15, 0.2) is 0 Å². The normalized spacial score (nSPS) is 9.31. The van der Waals surface area contributed by atoms with Crippen molar-refractivity contribution < 1.29 is 9.59 Å². The van der Waals surface area contributed by atoms with E-state index in [2.05, 4.69) is 12.8 Å². The van der Waals surface area contributed by atoms with Gasteiger partial charge in [0.2, 0.25) is 0 Å². The van der Waals surface area contributed by atoms with Crippen molar-refractivity contribution in [2.75, 3.05) is 4.31 Å². The van der Waals surface area contributed by atoms with Gasteiger partial charge >= 0.3 is 6.03 Å². The van der Waals surface area contributed by atoms with Gasteiger partial charge in [0, 0.05) is 5.56 Å². The molecular formula is C8H8N2O2S. The van der Waals surface area contributed by atoms with Crippen LogP contribution in [0.25, 0.3) is 0 Å². The molecular weight excluding hydrogens is 188 g/mol. The van der Waals surface area contributed by atoms with Gasteiger partial charge in [-0.1, -0.05) is 12.8 Å². The van der Waals surface area contributed by atoms with Crippen LogP contribution in [-0.4, -0.2) is 12.3 Å². The Hall–Kier alpha value is -1.49. The molecule has 0 spiro atoms. The molecule has 1 aromatic rings. The molecule has 0 aliphatic heterocycles. The van der Waals surface area contributed by atoms with Crippen LogP contribution in [0.1, 0.15) is 10.4 Å². The summed E-state index contributed by atoms with van der Waals surface area (Å²) in [5.74, 6) is 0. The number of urea groups is 1. The van der Waals surface area contributed by atoms with Gasteiger partial charge in [-0.05, 0) is 24.3 Å². The molecule has 0 aliphatic rings. The predicted molar refractivity (Wildman–Crippen MR) is 52.9 cm³/mol. The number of hydrogen-bond acceptors (Lipinski definition) is 3. The van der Waals surface area contributed by atoms with Gasteiger partial charge in [0.25, 0.3) is 0 Å². The summed E-state index contributed by atoms with van der Waals surface area (Å²) in [5.41, 5.74) is 6.05. The van der Waals surface area contributed by atoms with E-state index >= 15 is 0 Å². The van der Waals surface area contributed by atoms with Crippen LogP contribution in [-0.2, 0) is 0 Å². The number of benzene rings is 1. The van der Waals surface area contributed by atoms with Crippen LogP contribution in [0.3, 0.4) is 0 Å². The Labute approximate surface area is 80.9 Å². The first-order valence-electron chi connectivity index (χ1n) is 3.49. The zero-order valence-corrected chi connectivity index (χ0v) is 7.57. The van der Waals surface area contributed by atoms with Crippen molar-refractivity contribution in [1.29, 1.82) is 0 Å². The molecule has 4 nitrogen and oxygen atoms in total. The van der Waals surface area contributed by atoms with Crippen molar-refractivity contribution in [3.05, 3.63) is 29.8 Å². The fourth-order valence-corrected chi connectivity index (χ4v) is 0.955. The Balaban J connectivity index is 2.91. The van der Waals surface area contributed by atoms with Gasteiger partial charge in [0.1, 0.15) is 6.29 Å². The highest BCUT2D eigenvalue weighted by Gasteiger charge is 2.06. The fraction of sp³-hybridized carbons (Fsp3) is 0. The fourth-order valence-electron chi connectivity index (χ4n) is 0.821. The molecule has 0 atom stereocenters. The third-order valence-corrected chi connectivity index (χ3v) is 1.91.